The molecule has 4 rings (SSSR count). The summed E-state index contributed by atoms with van der Waals surface area (Å²) in [5.74, 6) is -0.418. The second-order valence-corrected chi connectivity index (χ2v) is 8.43. The molecule has 28 heavy (non-hydrogen) atoms. The van der Waals surface area contributed by atoms with E-state index in [1.165, 1.54) is 6.07 Å². The third-order valence-corrected chi connectivity index (χ3v) is 6.27. The number of urea groups is 1. The van der Waals surface area contributed by atoms with Gasteiger partial charge in [-0.25, -0.2) is 9.18 Å². The van der Waals surface area contributed by atoms with E-state index in [0.29, 0.717) is 24.3 Å². The Hall–Kier alpha value is -2.44. The van der Waals surface area contributed by atoms with Gasteiger partial charge in [-0.15, -0.1) is 0 Å². The second-order valence-electron chi connectivity index (χ2n) is 8.43. The molecule has 1 heterocycles. The molecule has 6 nitrogen and oxygen atoms in total. The number of hydrogen-bond acceptors (Lipinski definition) is 3. The van der Waals surface area contributed by atoms with Crippen molar-refractivity contribution < 1.29 is 18.8 Å². The largest absolute Gasteiger partial charge is 0.334 e. The average Bonchev–Trinajstić information content (AvgIpc) is 3.48. The van der Waals surface area contributed by atoms with Crippen LogP contribution in [0.2, 0.25) is 0 Å². The van der Waals surface area contributed by atoms with Gasteiger partial charge in [-0.1, -0.05) is 25.1 Å². The molecule has 0 unspecified atom stereocenters. The molecule has 3 aliphatic rings. The van der Waals surface area contributed by atoms with Crippen LogP contribution in [-0.2, 0) is 16.1 Å². The van der Waals surface area contributed by atoms with Crippen LogP contribution in [0, 0.1) is 11.7 Å². The van der Waals surface area contributed by atoms with Gasteiger partial charge in [0.05, 0.1) is 0 Å². The molecular weight excluding hydrogens is 361 g/mol. The van der Waals surface area contributed by atoms with E-state index in [9.17, 15) is 18.8 Å². The predicted octanol–water partition coefficient (Wildman–Crippen LogP) is 2.82. The Morgan fingerprint density at radius 2 is 1.89 bits per heavy atom. The fourth-order valence-electron chi connectivity index (χ4n) is 4.26. The van der Waals surface area contributed by atoms with Crippen LogP contribution in [0.1, 0.15) is 51.0 Å². The summed E-state index contributed by atoms with van der Waals surface area (Å²) in [7, 11) is 0. The van der Waals surface area contributed by atoms with Crippen molar-refractivity contribution in [2.24, 2.45) is 5.92 Å². The quantitative estimate of drug-likeness (QED) is 0.790. The van der Waals surface area contributed by atoms with Crippen molar-refractivity contribution in [2.75, 3.05) is 6.54 Å². The fourth-order valence-corrected chi connectivity index (χ4v) is 4.26. The van der Waals surface area contributed by atoms with Crippen molar-refractivity contribution >= 4 is 17.8 Å². The molecule has 0 atom stereocenters. The maximum Gasteiger partial charge on any atom is 0.325 e. The summed E-state index contributed by atoms with van der Waals surface area (Å²) in [6.45, 7) is 2.01. The van der Waals surface area contributed by atoms with Crippen molar-refractivity contribution in [2.45, 2.75) is 63.6 Å². The lowest BCUT2D eigenvalue weighted by atomic mass is 9.77. The van der Waals surface area contributed by atoms with E-state index in [2.05, 4.69) is 12.2 Å². The highest BCUT2D eigenvalue weighted by Gasteiger charge is 2.52. The molecule has 1 N–H and O–H groups in total. The number of benzene rings is 1. The summed E-state index contributed by atoms with van der Waals surface area (Å²) < 4.78 is 14.0. The van der Waals surface area contributed by atoms with Crippen LogP contribution >= 0.6 is 0 Å². The SMILES string of the molecule is CC1CCC2(CC1)NC(=O)N(CC(=O)N(Cc1ccccc1F)C1CC1)C2=O. The minimum absolute atomic E-state index is 0.0531. The van der Waals surface area contributed by atoms with E-state index in [0.717, 1.165) is 30.6 Å². The molecule has 2 aliphatic carbocycles. The van der Waals surface area contributed by atoms with E-state index < -0.39 is 11.6 Å². The Labute approximate surface area is 164 Å². The van der Waals surface area contributed by atoms with Crippen molar-refractivity contribution in [1.82, 2.24) is 15.1 Å². The number of halogens is 1. The maximum absolute atomic E-state index is 14.0. The number of rotatable bonds is 5. The van der Waals surface area contributed by atoms with Gasteiger partial charge in [-0.2, -0.15) is 0 Å². The first-order valence-electron chi connectivity index (χ1n) is 10.1. The predicted molar refractivity (Wildman–Crippen MR) is 101 cm³/mol. The molecule has 1 aliphatic heterocycles. The van der Waals surface area contributed by atoms with Gasteiger partial charge < -0.3 is 10.2 Å². The molecule has 2 saturated carbocycles. The van der Waals surface area contributed by atoms with Gasteiger partial charge in [0.1, 0.15) is 17.9 Å². The molecule has 0 aromatic heterocycles. The first-order valence-corrected chi connectivity index (χ1v) is 10.1. The average molecular weight is 387 g/mol. The summed E-state index contributed by atoms with van der Waals surface area (Å²) in [5, 5.41) is 2.84. The number of amides is 4. The minimum Gasteiger partial charge on any atom is -0.334 e. The maximum atomic E-state index is 14.0. The van der Waals surface area contributed by atoms with E-state index in [1.54, 1.807) is 23.1 Å². The molecule has 3 fully saturated rings. The lowest BCUT2D eigenvalue weighted by molar-refractivity contribution is -0.140. The zero-order valence-corrected chi connectivity index (χ0v) is 16.1. The van der Waals surface area contributed by atoms with E-state index in [-0.39, 0.29) is 36.8 Å². The lowest BCUT2D eigenvalue weighted by Gasteiger charge is -2.33. The summed E-state index contributed by atoms with van der Waals surface area (Å²) in [4.78, 5) is 41.0. The van der Waals surface area contributed by atoms with Crippen molar-refractivity contribution in [1.29, 1.82) is 0 Å². The van der Waals surface area contributed by atoms with E-state index in [4.69, 9.17) is 0 Å². The molecule has 1 saturated heterocycles. The number of nitrogens with one attached hydrogen (secondary N) is 1. The second kappa shape index (κ2) is 7.18. The molecule has 150 valence electrons. The molecular formula is C21H26FN3O3. The number of carbonyl (C=O) groups excluding carboxylic acids is 3. The van der Waals surface area contributed by atoms with Crippen LogP contribution < -0.4 is 5.32 Å². The van der Waals surface area contributed by atoms with Crippen LogP contribution in [-0.4, -0.2) is 45.8 Å². The van der Waals surface area contributed by atoms with Crippen LogP contribution in [0.4, 0.5) is 9.18 Å². The Morgan fingerprint density at radius 1 is 1.21 bits per heavy atom. The summed E-state index contributed by atoms with van der Waals surface area (Å²) in [6.07, 6.45) is 4.73. The normalized spacial score (nSPS) is 27.2. The Morgan fingerprint density at radius 3 is 2.54 bits per heavy atom. The molecule has 1 spiro atoms. The molecule has 0 bridgehead atoms. The number of imide groups is 1. The molecule has 1 aromatic carbocycles. The Kier molecular flexibility index (Phi) is 4.85. The summed E-state index contributed by atoms with van der Waals surface area (Å²) in [5.41, 5.74) is -0.405. The highest BCUT2D eigenvalue weighted by molar-refractivity contribution is 6.09. The Balaban J connectivity index is 1.46. The van der Waals surface area contributed by atoms with Gasteiger partial charge in [0.15, 0.2) is 0 Å². The third kappa shape index (κ3) is 3.50. The number of hydrogen-bond donors (Lipinski definition) is 1. The van der Waals surface area contributed by atoms with Crippen LogP contribution in [0.15, 0.2) is 24.3 Å². The zero-order valence-electron chi connectivity index (χ0n) is 16.1. The van der Waals surface area contributed by atoms with Gasteiger partial charge in [0, 0.05) is 18.2 Å². The molecule has 7 heteroatoms. The molecule has 4 amide bonds. The smallest absolute Gasteiger partial charge is 0.325 e. The number of nitrogens with zero attached hydrogens (tertiary/aromatic N) is 2. The van der Waals surface area contributed by atoms with Gasteiger partial charge >= 0.3 is 6.03 Å². The van der Waals surface area contributed by atoms with Crippen LogP contribution in [0.5, 0.6) is 0 Å². The third-order valence-electron chi connectivity index (χ3n) is 6.27. The van der Waals surface area contributed by atoms with Crippen LogP contribution in [0.3, 0.4) is 0 Å². The van der Waals surface area contributed by atoms with E-state index >= 15 is 0 Å². The Bertz CT molecular complexity index is 800. The monoisotopic (exact) mass is 387 g/mol. The van der Waals surface area contributed by atoms with Crippen molar-refractivity contribution in [3.8, 4) is 0 Å². The highest BCUT2D eigenvalue weighted by Crippen LogP contribution is 2.36. The lowest BCUT2D eigenvalue weighted by Crippen LogP contribution is -2.50. The summed E-state index contributed by atoms with van der Waals surface area (Å²) >= 11 is 0. The first-order chi connectivity index (χ1) is 13.4. The van der Waals surface area contributed by atoms with Gasteiger partial charge in [0.2, 0.25) is 5.91 Å². The van der Waals surface area contributed by atoms with Crippen molar-refractivity contribution in [3.05, 3.63) is 35.6 Å². The highest BCUT2D eigenvalue weighted by atomic mass is 19.1. The van der Waals surface area contributed by atoms with Crippen molar-refractivity contribution in [3.63, 3.8) is 0 Å². The van der Waals surface area contributed by atoms with E-state index in [1.807, 2.05) is 0 Å². The van der Waals surface area contributed by atoms with Gasteiger partial charge in [-0.05, 0) is 50.5 Å². The number of carbonyl (C=O) groups is 3. The topological polar surface area (TPSA) is 69.7 Å². The minimum atomic E-state index is -0.847. The molecule has 1 aromatic rings. The van der Waals surface area contributed by atoms with Gasteiger partial charge in [-0.3, -0.25) is 14.5 Å². The standard InChI is InChI=1S/C21H26FN3O3/c1-14-8-10-21(11-9-14)19(27)25(20(28)23-21)13-18(26)24(16-6-7-16)12-15-4-2-3-5-17(15)22/h2-5,14,16H,6-13H2,1H3,(H,23,28). The molecule has 0 radical (unpaired) electrons. The van der Waals surface area contributed by atoms with Gasteiger partial charge in [0.25, 0.3) is 5.91 Å². The zero-order chi connectivity index (χ0) is 19.9. The summed E-state index contributed by atoms with van der Waals surface area (Å²) in [6, 6.07) is 5.94. The van der Waals surface area contributed by atoms with Crippen LogP contribution in [0.25, 0.3) is 0 Å². The fraction of sp³-hybridized carbons (Fsp3) is 0.571. The first kappa shape index (κ1) is 18.9.